The lowest BCUT2D eigenvalue weighted by Gasteiger charge is -2.19. The topological polar surface area (TPSA) is 69.7 Å². The summed E-state index contributed by atoms with van der Waals surface area (Å²) in [4.78, 5) is 6.46. The van der Waals surface area contributed by atoms with E-state index >= 15 is 0 Å². The molecule has 2 N–H and O–H groups in total. The Morgan fingerprint density at radius 2 is 2.05 bits per heavy atom. The number of aromatic nitrogens is 1. The van der Waals surface area contributed by atoms with Crippen molar-refractivity contribution in [1.82, 2.24) is 9.88 Å². The maximum absolute atomic E-state index is 9.07. The minimum Gasteiger partial charge on any atom is -0.444 e. The van der Waals surface area contributed by atoms with Gasteiger partial charge in [-0.2, -0.15) is 0 Å². The summed E-state index contributed by atoms with van der Waals surface area (Å²) < 4.78 is 5.48. The molecule has 0 bridgehead atoms. The van der Waals surface area contributed by atoms with E-state index in [4.69, 9.17) is 26.2 Å². The van der Waals surface area contributed by atoms with Crippen molar-refractivity contribution < 1.29 is 14.6 Å². The van der Waals surface area contributed by atoms with Crippen molar-refractivity contribution in [2.45, 2.75) is 13.0 Å². The molecule has 0 saturated carbocycles. The maximum Gasteiger partial charge on any atom is 0.226 e. The molecule has 114 valence electrons. The Bertz CT molecular complexity index is 559. The zero-order valence-corrected chi connectivity index (χ0v) is 12.5. The SMILES string of the molecule is OCCCN(CCO)Cc1coc(-c2cccc(Cl)c2)n1. The zero-order chi connectivity index (χ0) is 15.1. The number of nitrogens with zero attached hydrogens (tertiary/aromatic N) is 2. The molecule has 0 amide bonds. The molecule has 2 aromatic rings. The molecule has 1 aromatic heterocycles. The Morgan fingerprint density at radius 3 is 2.76 bits per heavy atom. The predicted molar refractivity (Wildman–Crippen MR) is 81.0 cm³/mol. The van der Waals surface area contributed by atoms with Crippen LogP contribution in [-0.2, 0) is 6.54 Å². The normalized spacial score (nSPS) is 11.2. The Hall–Kier alpha value is -1.40. The molecule has 0 unspecified atom stereocenters. The van der Waals surface area contributed by atoms with Crippen molar-refractivity contribution in [2.24, 2.45) is 0 Å². The Morgan fingerprint density at radius 1 is 1.19 bits per heavy atom. The fourth-order valence-corrected chi connectivity index (χ4v) is 2.26. The molecule has 0 atom stereocenters. The minimum atomic E-state index is 0.0738. The highest BCUT2D eigenvalue weighted by atomic mass is 35.5. The minimum absolute atomic E-state index is 0.0738. The van der Waals surface area contributed by atoms with Gasteiger partial charge in [-0.1, -0.05) is 17.7 Å². The molecule has 0 fully saturated rings. The lowest BCUT2D eigenvalue weighted by atomic mass is 10.2. The molecular weight excluding hydrogens is 292 g/mol. The zero-order valence-electron chi connectivity index (χ0n) is 11.7. The smallest absolute Gasteiger partial charge is 0.226 e. The van der Waals surface area contributed by atoms with Crippen molar-refractivity contribution in [3.05, 3.63) is 41.2 Å². The second kappa shape index (κ2) is 8.14. The Kier molecular flexibility index (Phi) is 6.20. The van der Waals surface area contributed by atoms with Crippen LogP contribution in [0.15, 0.2) is 34.9 Å². The van der Waals surface area contributed by atoms with Crippen LogP contribution in [0, 0.1) is 0 Å². The molecule has 1 heterocycles. The summed E-state index contributed by atoms with van der Waals surface area (Å²) in [6, 6.07) is 7.33. The van der Waals surface area contributed by atoms with Gasteiger partial charge in [-0.3, -0.25) is 4.90 Å². The highest BCUT2D eigenvalue weighted by Gasteiger charge is 2.11. The first-order valence-electron chi connectivity index (χ1n) is 6.87. The second-order valence-corrected chi connectivity index (χ2v) is 5.17. The van der Waals surface area contributed by atoms with Gasteiger partial charge in [-0.25, -0.2) is 4.98 Å². The first kappa shape index (κ1) is 16.0. The number of hydrogen-bond donors (Lipinski definition) is 2. The summed E-state index contributed by atoms with van der Waals surface area (Å²) in [6.45, 7) is 2.03. The fraction of sp³-hybridized carbons (Fsp3) is 0.400. The van der Waals surface area contributed by atoms with Gasteiger partial charge in [0.25, 0.3) is 0 Å². The van der Waals surface area contributed by atoms with Crippen LogP contribution >= 0.6 is 11.6 Å². The van der Waals surface area contributed by atoms with Gasteiger partial charge in [-0.05, 0) is 24.6 Å². The van der Waals surface area contributed by atoms with E-state index in [1.807, 2.05) is 17.0 Å². The van der Waals surface area contributed by atoms with Gasteiger partial charge < -0.3 is 14.6 Å². The van der Waals surface area contributed by atoms with Gasteiger partial charge >= 0.3 is 0 Å². The predicted octanol–water partition coefficient (Wildman–Crippen LogP) is 2.17. The molecule has 0 radical (unpaired) electrons. The van der Waals surface area contributed by atoms with E-state index in [0.29, 0.717) is 37.0 Å². The van der Waals surface area contributed by atoms with Crippen LogP contribution in [0.3, 0.4) is 0 Å². The summed E-state index contributed by atoms with van der Waals surface area (Å²) in [7, 11) is 0. The lowest BCUT2D eigenvalue weighted by molar-refractivity contribution is 0.173. The highest BCUT2D eigenvalue weighted by molar-refractivity contribution is 6.30. The van der Waals surface area contributed by atoms with Gasteiger partial charge in [0.1, 0.15) is 6.26 Å². The third-order valence-corrected chi connectivity index (χ3v) is 3.29. The van der Waals surface area contributed by atoms with Crippen molar-refractivity contribution >= 4 is 11.6 Å². The largest absolute Gasteiger partial charge is 0.444 e. The van der Waals surface area contributed by atoms with Crippen LogP contribution in [-0.4, -0.2) is 46.4 Å². The van der Waals surface area contributed by atoms with E-state index in [1.54, 1.807) is 18.4 Å². The molecule has 0 saturated heterocycles. The second-order valence-electron chi connectivity index (χ2n) is 4.73. The molecular formula is C15H19ClN2O3. The van der Waals surface area contributed by atoms with Crippen LogP contribution in [0.2, 0.25) is 5.02 Å². The van der Waals surface area contributed by atoms with Crippen molar-refractivity contribution in [3.8, 4) is 11.5 Å². The number of aliphatic hydroxyl groups is 2. The van der Waals surface area contributed by atoms with E-state index in [2.05, 4.69) is 4.98 Å². The molecule has 5 nitrogen and oxygen atoms in total. The van der Waals surface area contributed by atoms with E-state index in [-0.39, 0.29) is 13.2 Å². The van der Waals surface area contributed by atoms with Crippen LogP contribution in [0.25, 0.3) is 11.5 Å². The third kappa shape index (κ3) is 4.82. The molecule has 1 aromatic carbocycles. The first-order valence-corrected chi connectivity index (χ1v) is 7.25. The maximum atomic E-state index is 9.07. The third-order valence-electron chi connectivity index (χ3n) is 3.06. The van der Waals surface area contributed by atoms with Gasteiger partial charge in [0.15, 0.2) is 0 Å². The number of rotatable bonds is 8. The quantitative estimate of drug-likeness (QED) is 0.782. The van der Waals surface area contributed by atoms with Crippen molar-refractivity contribution in [2.75, 3.05) is 26.3 Å². The fourth-order valence-electron chi connectivity index (χ4n) is 2.07. The van der Waals surface area contributed by atoms with Crippen LogP contribution < -0.4 is 0 Å². The first-order chi connectivity index (χ1) is 10.2. The summed E-state index contributed by atoms with van der Waals surface area (Å²) >= 11 is 5.96. The van der Waals surface area contributed by atoms with Gasteiger partial charge in [0.05, 0.1) is 12.3 Å². The molecule has 0 aliphatic rings. The summed E-state index contributed by atoms with van der Waals surface area (Å²) in [5.74, 6) is 0.526. The van der Waals surface area contributed by atoms with Crippen molar-refractivity contribution in [1.29, 1.82) is 0 Å². The molecule has 0 spiro atoms. The molecule has 0 aliphatic heterocycles. The standard InChI is InChI=1S/C15H19ClN2O3/c16-13-4-1-3-12(9-13)15-17-14(11-21-15)10-18(6-8-20)5-2-7-19/h1,3-4,9,11,19-20H,2,5-8,10H2. The summed E-state index contributed by atoms with van der Waals surface area (Å²) in [5.41, 5.74) is 1.62. The monoisotopic (exact) mass is 310 g/mol. The average Bonchev–Trinajstić information content (AvgIpc) is 2.93. The number of hydrogen-bond acceptors (Lipinski definition) is 5. The summed E-state index contributed by atoms with van der Waals surface area (Å²) in [5, 5.41) is 18.6. The molecule has 2 rings (SSSR count). The molecule has 0 aliphatic carbocycles. The van der Waals surface area contributed by atoms with Crippen LogP contribution in [0.4, 0.5) is 0 Å². The average molecular weight is 311 g/mol. The number of benzene rings is 1. The van der Waals surface area contributed by atoms with Gasteiger partial charge in [0.2, 0.25) is 5.89 Å². The van der Waals surface area contributed by atoms with Crippen LogP contribution in [0.5, 0.6) is 0 Å². The van der Waals surface area contributed by atoms with Gasteiger partial charge in [-0.15, -0.1) is 0 Å². The van der Waals surface area contributed by atoms with Crippen LogP contribution in [0.1, 0.15) is 12.1 Å². The molecule has 6 heteroatoms. The highest BCUT2D eigenvalue weighted by Crippen LogP contribution is 2.22. The van der Waals surface area contributed by atoms with E-state index < -0.39 is 0 Å². The number of halogens is 1. The van der Waals surface area contributed by atoms with E-state index in [0.717, 1.165) is 11.3 Å². The van der Waals surface area contributed by atoms with E-state index in [9.17, 15) is 0 Å². The molecule has 21 heavy (non-hydrogen) atoms. The van der Waals surface area contributed by atoms with Gasteiger partial charge in [0, 0.05) is 36.8 Å². The van der Waals surface area contributed by atoms with E-state index in [1.165, 1.54) is 0 Å². The number of oxazole rings is 1. The Balaban J connectivity index is 2.04. The number of aliphatic hydroxyl groups excluding tert-OH is 2. The van der Waals surface area contributed by atoms with Crippen molar-refractivity contribution in [3.63, 3.8) is 0 Å². The Labute approximate surface area is 128 Å². The summed E-state index contributed by atoms with van der Waals surface area (Å²) in [6.07, 6.45) is 2.28. The lowest BCUT2D eigenvalue weighted by Crippen LogP contribution is -2.28.